The highest BCUT2D eigenvalue weighted by Crippen LogP contribution is 2.33. The van der Waals surface area contributed by atoms with E-state index in [1.165, 1.54) is 0 Å². The van der Waals surface area contributed by atoms with Crippen molar-refractivity contribution >= 4 is 5.97 Å². The third kappa shape index (κ3) is 2.71. The third-order valence-electron chi connectivity index (χ3n) is 3.17. The highest BCUT2D eigenvalue weighted by atomic mass is 16.5. The third-order valence-corrected chi connectivity index (χ3v) is 3.17. The van der Waals surface area contributed by atoms with Crippen LogP contribution < -0.4 is 0 Å². The molecule has 0 saturated heterocycles. The monoisotopic (exact) mass is 250 g/mol. The van der Waals surface area contributed by atoms with Crippen molar-refractivity contribution in [2.45, 2.75) is 32.0 Å². The maximum absolute atomic E-state index is 11.4. The molecule has 0 radical (unpaired) electrons. The number of carbonyl (C=O) groups is 1. The van der Waals surface area contributed by atoms with Gasteiger partial charge in [-0.2, -0.15) is 0 Å². The van der Waals surface area contributed by atoms with E-state index >= 15 is 0 Å². The van der Waals surface area contributed by atoms with Crippen molar-refractivity contribution in [3.63, 3.8) is 0 Å². The summed E-state index contributed by atoms with van der Waals surface area (Å²) >= 11 is 0. The summed E-state index contributed by atoms with van der Waals surface area (Å²) in [5.74, 6) is -0.283. The van der Waals surface area contributed by atoms with Crippen molar-refractivity contribution in [2.24, 2.45) is 0 Å². The number of rotatable bonds is 4. The maximum Gasteiger partial charge on any atom is 0.305 e. The van der Waals surface area contributed by atoms with Gasteiger partial charge in [-0.05, 0) is 24.5 Å². The number of carbonyl (C=O) groups excluding carboxylic acids is 1. The minimum absolute atomic E-state index is 0.196. The Bertz CT molecular complexity index is 430. The Balaban J connectivity index is 2.10. The lowest BCUT2D eigenvalue weighted by Crippen LogP contribution is -2.37. The molecule has 1 N–H and O–H groups in total. The number of fused-ring (bicyclic) bond motifs is 1. The zero-order chi connectivity index (χ0) is 13.0. The van der Waals surface area contributed by atoms with Crippen LogP contribution in [0.5, 0.6) is 0 Å². The average molecular weight is 250 g/mol. The van der Waals surface area contributed by atoms with Crippen molar-refractivity contribution in [1.29, 1.82) is 0 Å². The van der Waals surface area contributed by atoms with Crippen molar-refractivity contribution < 1.29 is 19.4 Å². The predicted octanol–water partition coefficient (Wildman–Crippen LogP) is 1.75. The van der Waals surface area contributed by atoms with E-state index in [0.717, 1.165) is 11.1 Å². The fraction of sp³-hybridized carbons (Fsp3) is 0.500. The van der Waals surface area contributed by atoms with Crippen LogP contribution in [0, 0.1) is 0 Å². The molecule has 4 heteroatoms. The van der Waals surface area contributed by atoms with Gasteiger partial charge in [0.05, 0.1) is 19.8 Å². The number of benzene rings is 1. The van der Waals surface area contributed by atoms with Crippen LogP contribution in [0.3, 0.4) is 0 Å². The standard InChI is InChI=1S/C14H18O4/c1-2-18-13(15)7-8-14(16)10-17-9-11-5-3-4-6-12(11)14/h3-6,16H,2,7-10H2,1H3. The molecule has 0 aliphatic carbocycles. The number of hydrogen-bond acceptors (Lipinski definition) is 4. The Morgan fingerprint density at radius 3 is 3.06 bits per heavy atom. The van der Waals surface area contributed by atoms with E-state index in [1.807, 2.05) is 24.3 Å². The lowest BCUT2D eigenvalue weighted by molar-refractivity contribution is -0.146. The van der Waals surface area contributed by atoms with Crippen LogP contribution in [-0.2, 0) is 26.5 Å². The zero-order valence-corrected chi connectivity index (χ0v) is 10.5. The molecule has 1 atom stereocenters. The maximum atomic E-state index is 11.4. The van der Waals surface area contributed by atoms with Crippen LogP contribution in [0.25, 0.3) is 0 Å². The molecule has 4 nitrogen and oxygen atoms in total. The number of ether oxygens (including phenoxy) is 2. The molecule has 0 amide bonds. The Morgan fingerprint density at radius 2 is 2.28 bits per heavy atom. The van der Waals surface area contributed by atoms with E-state index in [0.29, 0.717) is 19.6 Å². The largest absolute Gasteiger partial charge is 0.466 e. The Kier molecular flexibility index (Phi) is 3.99. The molecule has 1 aromatic rings. The van der Waals surface area contributed by atoms with Crippen LogP contribution in [-0.4, -0.2) is 24.3 Å². The summed E-state index contributed by atoms with van der Waals surface area (Å²) < 4.78 is 10.3. The molecular weight excluding hydrogens is 232 g/mol. The molecule has 0 spiro atoms. The topological polar surface area (TPSA) is 55.8 Å². The molecule has 1 aliphatic heterocycles. The van der Waals surface area contributed by atoms with E-state index in [9.17, 15) is 9.90 Å². The van der Waals surface area contributed by atoms with Crippen LogP contribution in [0.2, 0.25) is 0 Å². The first kappa shape index (κ1) is 13.1. The smallest absolute Gasteiger partial charge is 0.305 e. The Labute approximate surface area is 107 Å². The second kappa shape index (κ2) is 5.50. The van der Waals surface area contributed by atoms with Crippen molar-refractivity contribution in [1.82, 2.24) is 0 Å². The van der Waals surface area contributed by atoms with E-state index in [2.05, 4.69) is 0 Å². The fourth-order valence-electron chi connectivity index (χ4n) is 2.26. The molecule has 98 valence electrons. The van der Waals surface area contributed by atoms with Crippen molar-refractivity contribution in [2.75, 3.05) is 13.2 Å². The van der Waals surface area contributed by atoms with Crippen LogP contribution in [0.15, 0.2) is 24.3 Å². The molecule has 0 bridgehead atoms. The molecule has 0 fully saturated rings. The molecule has 1 aliphatic rings. The fourth-order valence-corrected chi connectivity index (χ4v) is 2.26. The second-order valence-corrected chi connectivity index (χ2v) is 4.49. The lowest BCUT2D eigenvalue weighted by atomic mass is 9.85. The first-order valence-corrected chi connectivity index (χ1v) is 6.20. The normalized spacial score (nSPS) is 22.3. The van der Waals surface area contributed by atoms with Gasteiger partial charge >= 0.3 is 5.97 Å². The minimum Gasteiger partial charge on any atom is -0.466 e. The molecule has 0 aromatic heterocycles. The molecule has 1 heterocycles. The SMILES string of the molecule is CCOC(=O)CCC1(O)COCc2ccccc21. The zero-order valence-electron chi connectivity index (χ0n) is 10.5. The second-order valence-electron chi connectivity index (χ2n) is 4.49. The lowest BCUT2D eigenvalue weighted by Gasteiger charge is -2.34. The summed E-state index contributed by atoms with van der Waals surface area (Å²) in [4.78, 5) is 11.4. The summed E-state index contributed by atoms with van der Waals surface area (Å²) in [6.07, 6.45) is 0.519. The highest BCUT2D eigenvalue weighted by Gasteiger charge is 2.35. The number of aliphatic hydroxyl groups is 1. The van der Waals surface area contributed by atoms with Gasteiger partial charge < -0.3 is 14.6 Å². The molecule has 1 unspecified atom stereocenters. The number of esters is 1. The van der Waals surface area contributed by atoms with E-state index in [-0.39, 0.29) is 19.0 Å². The van der Waals surface area contributed by atoms with Crippen molar-refractivity contribution in [3.05, 3.63) is 35.4 Å². The molecule has 2 rings (SSSR count). The Morgan fingerprint density at radius 1 is 1.50 bits per heavy atom. The van der Waals surface area contributed by atoms with Gasteiger partial charge in [-0.25, -0.2) is 0 Å². The quantitative estimate of drug-likeness (QED) is 0.827. The van der Waals surface area contributed by atoms with E-state index in [4.69, 9.17) is 9.47 Å². The first-order valence-electron chi connectivity index (χ1n) is 6.20. The van der Waals surface area contributed by atoms with Gasteiger partial charge in [-0.3, -0.25) is 4.79 Å². The minimum atomic E-state index is -1.08. The molecular formula is C14H18O4. The first-order chi connectivity index (χ1) is 8.65. The van der Waals surface area contributed by atoms with Crippen LogP contribution in [0.4, 0.5) is 0 Å². The van der Waals surface area contributed by atoms with Gasteiger partial charge in [-0.15, -0.1) is 0 Å². The van der Waals surface area contributed by atoms with E-state index in [1.54, 1.807) is 6.92 Å². The Hall–Kier alpha value is -1.39. The van der Waals surface area contributed by atoms with Gasteiger partial charge in [-0.1, -0.05) is 24.3 Å². The average Bonchev–Trinajstić information content (AvgIpc) is 2.38. The van der Waals surface area contributed by atoms with Gasteiger partial charge in [0.25, 0.3) is 0 Å². The van der Waals surface area contributed by atoms with Gasteiger partial charge in [0, 0.05) is 6.42 Å². The van der Waals surface area contributed by atoms with Crippen LogP contribution >= 0.6 is 0 Å². The van der Waals surface area contributed by atoms with E-state index < -0.39 is 5.60 Å². The van der Waals surface area contributed by atoms with Gasteiger partial charge in [0.1, 0.15) is 5.60 Å². The highest BCUT2D eigenvalue weighted by molar-refractivity contribution is 5.69. The summed E-state index contributed by atoms with van der Waals surface area (Å²) in [5.41, 5.74) is 0.761. The van der Waals surface area contributed by atoms with Gasteiger partial charge in [0.15, 0.2) is 0 Å². The summed E-state index contributed by atoms with van der Waals surface area (Å²) in [5, 5.41) is 10.6. The van der Waals surface area contributed by atoms with Crippen molar-refractivity contribution in [3.8, 4) is 0 Å². The van der Waals surface area contributed by atoms with Crippen LogP contribution in [0.1, 0.15) is 30.9 Å². The molecule has 0 saturated carbocycles. The summed E-state index contributed by atoms with van der Waals surface area (Å²) in [6, 6.07) is 7.63. The molecule has 18 heavy (non-hydrogen) atoms. The summed E-state index contributed by atoms with van der Waals surface area (Å²) in [6.45, 7) is 2.87. The molecule has 1 aromatic carbocycles. The van der Waals surface area contributed by atoms with Gasteiger partial charge in [0.2, 0.25) is 0 Å². The summed E-state index contributed by atoms with van der Waals surface area (Å²) in [7, 11) is 0. The number of hydrogen-bond donors (Lipinski definition) is 1. The predicted molar refractivity (Wildman–Crippen MR) is 65.9 cm³/mol.